The molecule has 4 heterocycles. The molecule has 9 aromatic rings. The summed E-state index contributed by atoms with van der Waals surface area (Å²) in [5.41, 5.74) is 13.8. The van der Waals surface area contributed by atoms with Gasteiger partial charge in [0.05, 0.1) is 25.7 Å². The van der Waals surface area contributed by atoms with Crippen LogP contribution in [0.15, 0.2) is 132 Å². The largest absolute Gasteiger partial charge is 0.501 e. The molecule has 0 bridgehead atoms. The van der Waals surface area contributed by atoms with E-state index in [0.717, 1.165) is 62.2 Å². The van der Waals surface area contributed by atoms with Crippen molar-refractivity contribution in [2.75, 3.05) is 0 Å². The Balaban J connectivity index is 0.000000223. The average Bonchev–Trinajstić information content (AvgIpc) is 3.82. The van der Waals surface area contributed by atoms with Gasteiger partial charge in [-0.25, -0.2) is 9.97 Å². The quantitative estimate of drug-likeness (QED) is 0.112. The molecule has 0 saturated heterocycles. The summed E-state index contributed by atoms with van der Waals surface area (Å²) in [4.78, 5) is 18.8. The van der Waals surface area contributed by atoms with Crippen LogP contribution in [0.4, 0.5) is 0 Å². The molecule has 8 heteroatoms. The van der Waals surface area contributed by atoms with E-state index >= 15 is 0 Å². The van der Waals surface area contributed by atoms with Gasteiger partial charge in [0.25, 0.3) is 0 Å². The van der Waals surface area contributed by atoms with Crippen molar-refractivity contribution in [3.8, 4) is 39.5 Å². The molecule has 0 saturated carbocycles. The topological polar surface area (TPSA) is 69.6 Å². The van der Waals surface area contributed by atoms with Gasteiger partial charge in [0, 0.05) is 37.4 Å². The second-order valence-corrected chi connectivity index (χ2v) is 23.9. The molecule has 0 amide bonds. The molecule has 0 aliphatic heterocycles. The predicted molar refractivity (Wildman–Crippen MR) is 256 cm³/mol. The van der Waals surface area contributed by atoms with Gasteiger partial charge in [-0.2, -0.15) is 0 Å². The fourth-order valence-corrected chi connectivity index (χ4v) is 9.86. The maximum Gasteiger partial charge on any atom is 0.171 e. The van der Waals surface area contributed by atoms with Crippen molar-refractivity contribution in [1.82, 2.24) is 24.5 Å². The second-order valence-electron chi connectivity index (χ2n) is 18.9. The van der Waals surface area contributed by atoms with Crippen LogP contribution in [0.5, 0.6) is 0 Å². The van der Waals surface area contributed by atoms with Crippen LogP contribution in [0, 0.1) is 17.5 Å². The summed E-state index contributed by atoms with van der Waals surface area (Å²) in [6, 6.07) is 44.5. The fourth-order valence-electron chi connectivity index (χ4n) is 8.28. The molecule has 9 rings (SSSR count). The van der Waals surface area contributed by atoms with Crippen LogP contribution in [-0.2, 0) is 26.5 Å². The minimum Gasteiger partial charge on any atom is -0.501 e. The third-order valence-corrected chi connectivity index (χ3v) is 13.2. The van der Waals surface area contributed by atoms with E-state index in [1.54, 1.807) is 6.33 Å². The van der Waals surface area contributed by atoms with Gasteiger partial charge in [0.1, 0.15) is 17.4 Å². The summed E-state index contributed by atoms with van der Waals surface area (Å²) in [5, 5.41) is 3.60. The molecular formula is C54H55IrN5OSi-2. The molecule has 0 spiro atoms. The first kappa shape index (κ1) is 44.5. The zero-order valence-corrected chi connectivity index (χ0v) is 40.9. The number of hydrogen-bond donors (Lipinski definition) is 0. The van der Waals surface area contributed by atoms with E-state index in [2.05, 4.69) is 168 Å². The van der Waals surface area contributed by atoms with E-state index in [1.807, 2.05) is 48.7 Å². The molecule has 317 valence electrons. The van der Waals surface area contributed by atoms with E-state index in [9.17, 15) is 0 Å². The van der Waals surface area contributed by atoms with Gasteiger partial charge >= 0.3 is 0 Å². The first-order valence-electron chi connectivity index (χ1n) is 21.4. The molecule has 6 nitrogen and oxygen atoms in total. The Hall–Kier alpha value is -5.53. The summed E-state index contributed by atoms with van der Waals surface area (Å²) in [7, 11) is -1.37. The summed E-state index contributed by atoms with van der Waals surface area (Å²) in [6.45, 7) is 23.1. The number of fused-ring (bicyclic) bond motifs is 4. The number of hydrogen-bond acceptors (Lipinski definition) is 5. The van der Waals surface area contributed by atoms with Crippen molar-refractivity contribution in [3.63, 3.8) is 0 Å². The monoisotopic (exact) mass is 1010 g/mol. The number of nitrogens with zero attached hydrogens (tertiary/aromatic N) is 5. The molecular weight excluding hydrogens is 955 g/mol. The van der Waals surface area contributed by atoms with E-state index in [4.69, 9.17) is 14.4 Å². The van der Waals surface area contributed by atoms with Crippen LogP contribution < -0.4 is 5.19 Å². The first-order chi connectivity index (χ1) is 29.2. The molecule has 0 unspecified atom stereocenters. The number of aromatic nitrogens is 5. The summed E-state index contributed by atoms with van der Waals surface area (Å²) < 4.78 is 8.67. The van der Waals surface area contributed by atoms with Crippen molar-refractivity contribution in [2.45, 2.75) is 86.4 Å². The second kappa shape index (κ2) is 18.1. The van der Waals surface area contributed by atoms with Gasteiger partial charge in [-0.15, -0.1) is 54.1 Å². The van der Waals surface area contributed by atoms with Crippen LogP contribution in [-0.4, -0.2) is 32.6 Å². The Morgan fingerprint density at radius 2 is 1.42 bits per heavy atom. The molecule has 0 N–H and O–H groups in total. The molecule has 4 aromatic heterocycles. The minimum absolute atomic E-state index is 0. The number of benzene rings is 5. The van der Waals surface area contributed by atoms with Gasteiger partial charge in [-0.1, -0.05) is 139 Å². The van der Waals surface area contributed by atoms with Gasteiger partial charge in [-0.05, 0) is 75.0 Å². The van der Waals surface area contributed by atoms with Crippen molar-refractivity contribution >= 4 is 46.4 Å². The van der Waals surface area contributed by atoms with Crippen molar-refractivity contribution in [1.29, 1.82) is 0 Å². The standard InChI is InChI=1S/C35H29N4O.C19H26NSi.Ir/c1-21(2)28-17-24(23-11-6-5-7-12-23)18-29(22(3)4)32(28)39-30-19-36-20-37-34(30)38-35(39)27-15-10-14-26-25-13-8-9-16-31(25)40-33(26)27;1-19(2,3)13-16-12-17(15-10-8-7-9-11-15)20-14-18(16)21(4,5)6;/h5-14,16-22H,1-4H3;7-10,12,14H,13H2,1-6H3;/q2*-1;. The van der Waals surface area contributed by atoms with Crippen LogP contribution in [0.2, 0.25) is 19.6 Å². The number of pyridine rings is 1. The number of para-hydroxylation sites is 1. The SMILES string of the molecule is CC(C)(C)Cc1cc(-c2[c-]cccc2)ncc1[Si](C)(C)C.CC(C)c1cc(-c2ccccc2)cc(C(C)C)c1-n1c(-c2[c-]ccc3c2oc2ccccc23)nc2ncncc21.[Ir]. The first-order valence-corrected chi connectivity index (χ1v) is 24.9. The third-order valence-electron chi connectivity index (χ3n) is 11.1. The van der Waals surface area contributed by atoms with Crippen molar-refractivity contribution < 1.29 is 24.5 Å². The van der Waals surface area contributed by atoms with Gasteiger partial charge in [-0.3, -0.25) is 4.98 Å². The molecule has 0 aliphatic rings. The maximum atomic E-state index is 6.44. The van der Waals surface area contributed by atoms with E-state index in [1.165, 1.54) is 33.0 Å². The van der Waals surface area contributed by atoms with Crippen molar-refractivity contribution in [2.24, 2.45) is 5.41 Å². The van der Waals surface area contributed by atoms with E-state index < -0.39 is 8.07 Å². The minimum atomic E-state index is -1.37. The summed E-state index contributed by atoms with van der Waals surface area (Å²) >= 11 is 0. The molecule has 0 fully saturated rings. The van der Waals surface area contributed by atoms with E-state index in [0.29, 0.717) is 5.65 Å². The summed E-state index contributed by atoms with van der Waals surface area (Å²) in [6.07, 6.45) is 6.62. The Kier molecular flexibility index (Phi) is 13.0. The van der Waals surface area contributed by atoms with Crippen LogP contribution in [0.3, 0.4) is 0 Å². The van der Waals surface area contributed by atoms with Crippen LogP contribution in [0.1, 0.15) is 77.0 Å². The molecule has 0 aliphatic carbocycles. The maximum absolute atomic E-state index is 6.44. The normalized spacial score (nSPS) is 11.9. The van der Waals surface area contributed by atoms with Crippen LogP contribution in [0.25, 0.3) is 72.6 Å². The summed E-state index contributed by atoms with van der Waals surface area (Å²) in [5.74, 6) is 1.27. The molecule has 1 radical (unpaired) electrons. The molecule has 62 heavy (non-hydrogen) atoms. The Morgan fingerprint density at radius 1 is 0.726 bits per heavy atom. The average molecular weight is 1010 g/mol. The fraction of sp³-hybridized carbons (Fsp3) is 0.259. The van der Waals surface area contributed by atoms with Crippen molar-refractivity contribution in [3.05, 3.63) is 157 Å². The van der Waals surface area contributed by atoms with Gasteiger partial charge < -0.3 is 14.0 Å². The zero-order valence-electron chi connectivity index (χ0n) is 37.5. The number of rotatable bonds is 8. The van der Waals surface area contributed by atoms with Crippen LogP contribution >= 0.6 is 0 Å². The molecule has 0 atom stereocenters. The zero-order chi connectivity index (χ0) is 43.1. The van der Waals surface area contributed by atoms with E-state index in [-0.39, 0.29) is 37.4 Å². The molecule has 5 aromatic carbocycles. The smallest absolute Gasteiger partial charge is 0.171 e. The van der Waals surface area contributed by atoms with Gasteiger partial charge in [0.2, 0.25) is 0 Å². The Bertz CT molecular complexity index is 2950. The predicted octanol–water partition coefficient (Wildman–Crippen LogP) is 13.8. The number of imidazole rings is 1. The Labute approximate surface area is 381 Å². The van der Waals surface area contributed by atoms with Gasteiger partial charge in [0.15, 0.2) is 5.65 Å². The third kappa shape index (κ3) is 9.15. The Morgan fingerprint density at radius 3 is 2.08 bits per heavy atom. The number of furan rings is 1.